The van der Waals surface area contributed by atoms with Crippen LogP contribution in [-0.2, 0) is 54.3 Å². The number of nitrogens with zero attached hydrogens (tertiary/aromatic N) is 4. The first kappa shape index (κ1) is 59.8. The summed E-state index contributed by atoms with van der Waals surface area (Å²) < 4.78 is 6.04. The Bertz CT molecular complexity index is 2030. The Hall–Kier alpha value is -5.55. The highest BCUT2D eigenvalue weighted by atomic mass is 16.6. The summed E-state index contributed by atoms with van der Waals surface area (Å²) in [6.45, 7) is 23.2. The van der Waals surface area contributed by atoms with E-state index in [2.05, 4.69) is 21.3 Å². The minimum Gasteiger partial charge on any atom is -0.450 e. The number of fused-ring (bicyclic) bond motifs is 1. The van der Waals surface area contributed by atoms with Crippen LogP contribution in [0.4, 0.5) is 0 Å². The molecular formula is C53H86N8O10. The number of amides is 8. The van der Waals surface area contributed by atoms with Gasteiger partial charge in [-0.25, -0.2) is 4.79 Å². The van der Waals surface area contributed by atoms with E-state index in [1.165, 1.54) is 47.7 Å². The number of benzene rings is 1. The van der Waals surface area contributed by atoms with Crippen molar-refractivity contribution in [1.82, 2.24) is 40.9 Å². The zero-order valence-electron chi connectivity index (χ0n) is 45.4. The van der Waals surface area contributed by atoms with Crippen LogP contribution in [0.1, 0.15) is 128 Å². The van der Waals surface area contributed by atoms with Gasteiger partial charge in [0, 0.05) is 40.2 Å². The van der Waals surface area contributed by atoms with Crippen LogP contribution in [0.5, 0.6) is 0 Å². The summed E-state index contributed by atoms with van der Waals surface area (Å²) in [6, 6.07) is 0.693. The maximum Gasteiger partial charge on any atom is 0.329 e. The van der Waals surface area contributed by atoms with Crippen LogP contribution < -0.4 is 21.3 Å². The number of carbonyl (C=O) groups is 9. The van der Waals surface area contributed by atoms with Crippen molar-refractivity contribution in [3.8, 4) is 0 Å². The molecule has 2 aliphatic rings. The quantitative estimate of drug-likeness (QED) is 0.249. The lowest BCUT2D eigenvalue weighted by Gasteiger charge is -2.37. The van der Waals surface area contributed by atoms with Crippen molar-refractivity contribution in [3.05, 3.63) is 35.9 Å². The molecule has 3 rings (SSSR count). The first-order valence-corrected chi connectivity index (χ1v) is 25.7. The third-order valence-electron chi connectivity index (χ3n) is 14.2. The molecule has 1 aromatic rings. The van der Waals surface area contributed by atoms with Gasteiger partial charge in [0.1, 0.15) is 42.3 Å². The Morgan fingerprint density at radius 2 is 1.21 bits per heavy atom. The lowest BCUT2D eigenvalue weighted by atomic mass is 9.95. The number of hydrogen-bond donors (Lipinski definition) is 4. The number of ether oxygens (including phenoxy) is 1. The van der Waals surface area contributed by atoms with Gasteiger partial charge in [-0.2, -0.15) is 0 Å². The molecule has 18 heteroatoms. The lowest BCUT2D eigenvalue weighted by Crippen LogP contribution is -2.61. The molecule has 0 aromatic heterocycles. The fraction of sp³-hybridized carbons (Fsp3) is 0.717. The number of cyclic esters (lactones) is 1. The average molecular weight is 995 g/mol. The fourth-order valence-corrected chi connectivity index (χ4v) is 9.21. The second-order valence-electron chi connectivity index (χ2n) is 21.5. The Morgan fingerprint density at radius 3 is 1.76 bits per heavy atom. The number of rotatable bonds is 10. The molecule has 398 valence electrons. The molecule has 0 aliphatic carbocycles. The van der Waals surface area contributed by atoms with Gasteiger partial charge in [0.05, 0.1) is 5.92 Å². The van der Waals surface area contributed by atoms with Gasteiger partial charge < -0.3 is 45.6 Å². The molecule has 0 saturated carbocycles. The van der Waals surface area contributed by atoms with E-state index in [1.807, 2.05) is 65.0 Å². The van der Waals surface area contributed by atoms with E-state index < -0.39 is 131 Å². The van der Waals surface area contributed by atoms with Crippen LogP contribution in [-0.4, -0.2) is 155 Å². The highest BCUT2D eigenvalue weighted by molar-refractivity contribution is 5.98. The molecule has 0 spiro atoms. The van der Waals surface area contributed by atoms with E-state index in [-0.39, 0.29) is 37.6 Å². The van der Waals surface area contributed by atoms with Crippen molar-refractivity contribution in [2.45, 2.75) is 183 Å². The van der Waals surface area contributed by atoms with Crippen LogP contribution in [0.15, 0.2) is 30.3 Å². The second-order valence-corrected chi connectivity index (χ2v) is 21.5. The number of likely N-dealkylation sites (N-methyl/N-ethyl adjacent to an activating group) is 3. The molecule has 1 aromatic carbocycles. The van der Waals surface area contributed by atoms with Crippen molar-refractivity contribution in [2.75, 3.05) is 27.7 Å². The predicted octanol–water partition coefficient (Wildman–Crippen LogP) is 3.69. The topological polar surface area (TPSA) is 224 Å². The van der Waals surface area contributed by atoms with Crippen molar-refractivity contribution in [1.29, 1.82) is 0 Å². The third-order valence-corrected chi connectivity index (χ3v) is 14.2. The van der Waals surface area contributed by atoms with Crippen LogP contribution in [0.3, 0.4) is 0 Å². The number of esters is 1. The zero-order valence-corrected chi connectivity index (χ0v) is 45.4. The highest BCUT2D eigenvalue weighted by Gasteiger charge is 2.44. The van der Waals surface area contributed by atoms with E-state index in [0.29, 0.717) is 19.3 Å². The summed E-state index contributed by atoms with van der Waals surface area (Å²) in [4.78, 5) is 134. The van der Waals surface area contributed by atoms with Crippen LogP contribution >= 0.6 is 0 Å². The van der Waals surface area contributed by atoms with Crippen molar-refractivity contribution >= 4 is 53.2 Å². The van der Waals surface area contributed by atoms with Gasteiger partial charge in [0.2, 0.25) is 41.4 Å². The maximum absolute atomic E-state index is 14.8. The Kier molecular flexibility index (Phi) is 22.5. The van der Waals surface area contributed by atoms with Gasteiger partial charge in [0.15, 0.2) is 6.10 Å². The first-order valence-electron chi connectivity index (χ1n) is 25.7. The van der Waals surface area contributed by atoms with E-state index >= 15 is 0 Å². The standard InChI is InChI=1S/C53H86N8O10/c1-17-33(10)43-53(70)71-44(32(8)9)52(69)58(14)36(13)49(66)59(15)41(27-30(4)5)47(64)56-39(28-37-22-19-18-20-23-37)51(68)61-25-21-24-40(61)46(63)57-42(31(6)7)48(65)54-35(12)34(11)45(62)55-38(26-29(2)3)50(67)60(43)16/h18-20,22-23,29-36,38-44H,17,21,24-28H2,1-16H3,(H,54,65)(H,55,62)(H,56,64)(H,57,63)/t33-,34?,35?,36-,38-,39-,40?,41-,42-,43-,44?/m0/s1. The fourth-order valence-electron chi connectivity index (χ4n) is 9.21. The molecule has 2 heterocycles. The molecule has 8 amide bonds. The van der Waals surface area contributed by atoms with Gasteiger partial charge in [-0.05, 0) is 74.7 Å². The van der Waals surface area contributed by atoms with Gasteiger partial charge in [-0.1, -0.05) is 113 Å². The molecule has 2 saturated heterocycles. The predicted molar refractivity (Wildman–Crippen MR) is 271 cm³/mol. The van der Waals surface area contributed by atoms with Crippen molar-refractivity contribution in [2.24, 2.45) is 35.5 Å². The van der Waals surface area contributed by atoms with Gasteiger partial charge in [0.25, 0.3) is 5.91 Å². The monoisotopic (exact) mass is 995 g/mol. The van der Waals surface area contributed by atoms with Gasteiger partial charge in [-0.3, -0.25) is 38.4 Å². The summed E-state index contributed by atoms with van der Waals surface area (Å²) in [6.07, 6.45) is 0.372. The minimum atomic E-state index is -1.37. The molecule has 18 nitrogen and oxygen atoms in total. The number of hydrogen-bond acceptors (Lipinski definition) is 10. The SMILES string of the molecule is CC[C@H](C)[C@H]1C(=O)OC(C(C)C)C(=O)N(C)[C@@H](C)C(=O)N(C)[C@@H](CC(C)C)C(=O)N[C@@H](Cc2ccccc2)C(=O)N2CCCC2C(=O)N[C@@H](C(C)C)C(=O)NC(C)C(C)C(=O)N[C@@H](CC(C)C)C(=O)N1C. The third kappa shape index (κ3) is 15.7. The summed E-state index contributed by atoms with van der Waals surface area (Å²) >= 11 is 0. The van der Waals surface area contributed by atoms with E-state index in [0.717, 1.165) is 5.56 Å². The molecule has 2 fully saturated rings. The summed E-state index contributed by atoms with van der Waals surface area (Å²) in [5.74, 6) is -7.82. The van der Waals surface area contributed by atoms with E-state index in [9.17, 15) is 43.2 Å². The summed E-state index contributed by atoms with van der Waals surface area (Å²) in [5.41, 5.74) is 0.745. The normalized spacial score (nSPS) is 28.6. The largest absolute Gasteiger partial charge is 0.450 e. The van der Waals surface area contributed by atoms with E-state index in [1.54, 1.807) is 48.5 Å². The number of nitrogens with one attached hydrogen (secondary N) is 4. The molecular weight excluding hydrogens is 909 g/mol. The minimum absolute atomic E-state index is 0.0680. The van der Waals surface area contributed by atoms with Crippen LogP contribution in [0, 0.1) is 35.5 Å². The smallest absolute Gasteiger partial charge is 0.329 e. The lowest BCUT2D eigenvalue weighted by molar-refractivity contribution is -0.171. The second kappa shape index (κ2) is 26.8. The van der Waals surface area contributed by atoms with Crippen molar-refractivity contribution in [3.63, 3.8) is 0 Å². The molecule has 2 aliphatic heterocycles. The molecule has 11 atom stereocenters. The van der Waals surface area contributed by atoms with Crippen LogP contribution in [0.25, 0.3) is 0 Å². The molecule has 4 unspecified atom stereocenters. The highest BCUT2D eigenvalue weighted by Crippen LogP contribution is 2.25. The summed E-state index contributed by atoms with van der Waals surface area (Å²) in [5, 5.41) is 11.6. The molecule has 0 radical (unpaired) electrons. The first-order chi connectivity index (χ1) is 33.1. The summed E-state index contributed by atoms with van der Waals surface area (Å²) in [7, 11) is 4.36. The van der Waals surface area contributed by atoms with E-state index in [4.69, 9.17) is 4.74 Å². The molecule has 0 bridgehead atoms. The number of carbonyl (C=O) groups excluding carboxylic acids is 9. The van der Waals surface area contributed by atoms with Crippen molar-refractivity contribution < 1.29 is 47.9 Å². The Morgan fingerprint density at radius 1 is 0.620 bits per heavy atom. The van der Waals surface area contributed by atoms with Gasteiger partial charge >= 0.3 is 5.97 Å². The molecule has 4 N–H and O–H groups in total. The Balaban J connectivity index is 2.20. The van der Waals surface area contributed by atoms with Gasteiger partial charge in [-0.15, -0.1) is 0 Å². The maximum atomic E-state index is 14.8. The Labute approximate surface area is 422 Å². The molecule has 71 heavy (non-hydrogen) atoms. The zero-order chi connectivity index (χ0) is 53.8. The van der Waals surface area contributed by atoms with Crippen LogP contribution in [0.2, 0.25) is 0 Å². The average Bonchev–Trinajstić information content (AvgIpc) is 3.81.